The van der Waals surface area contributed by atoms with Crippen LogP contribution in [0.15, 0.2) is 0 Å². The van der Waals surface area contributed by atoms with Gasteiger partial charge in [0.15, 0.2) is 0 Å². The molecule has 0 heterocycles. The third-order valence-electron chi connectivity index (χ3n) is 4.03. The second-order valence-electron chi connectivity index (χ2n) is 7.17. The van der Waals surface area contributed by atoms with Crippen LogP contribution >= 0.6 is 0 Å². The zero-order chi connectivity index (χ0) is 15.3. The Morgan fingerprint density at radius 1 is 1.30 bits per heavy atom. The van der Waals surface area contributed by atoms with Gasteiger partial charge in [-0.3, -0.25) is 0 Å². The lowest BCUT2D eigenvalue weighted by molar-refractivity contribution is 0.0519. The molecule has 0 aromatic carbocycles. The third-order valence-corrected chi connectivity index (χ3v) is 4.03. The summed E-state index contributed by atoms with van der Waals surface area (Å²) in [6.07, 6.45) is 3.38. The lowest BCUT2D eigenvalue weighted by Crippen LogP contribution is -2.48. The van der Waals surface area contributed by atoms with Crippen molar-refractivity contribution < 1.29 is 9.53 Å². The van der Waals surface area contributed by atoms with E-state index >= 15 is 0 Å². The summed E-state index contributed by atoms with van der Waals surface area (Å²) in [5.41, 5.74) is -0.434. The standard InChI is InChI=1S/C16H32N2O2/c1-7-11(2)12(3)18-14(13-8-9-13)10-17-15(19)20-16(4,5)6/h11-14,18H,7-10H2,1-6H3,(H,17,19). The van der Waals surface area contributed by atoms with Crippen molar-refractivity contribution in [2.45, 2.75) is 78.5 Å². The monoisotopic (exact) mass is 284 g/mol. The summed E-state index contributed by atoms with van der Waals surface area (Å²) in [6, 6.07) is 0.845. The van der Waals surface area contributed by atoms with Gasteiger partial charge in [0, 0.05) is 18.6 Å². The van der Waals surface area contributed by atoms with Crippen molar-refractivity contribution >= 4 is 6.09 Å². The van der Waals surface area contributed by atoms with Crippen LogP contribution in [0.2, 0.25) is 0 Å². The Morgan fingerprint density at radius 2 is 1.90 bits per heavy atom. The predicted octanol–water partition coefficient (Wildman–Crippen LogP) is 3.31. The van der Waals surface area contributed by atoms with Crippen LogP contribution in [0, 0.1) is 11.8 Å². The fraction of sp³-hybridized carbons (Fsp3) is 0.938. The molecule has 0 radical (unpaired) electrons. The maximum atomic E-state index is 11.7. The van der Waals surface area contributed by atoms with Gasteiger partial charge >= 0.3 is 6.09 Å². The van der Waals surface area contributed by atoms with Crippen LogP contribution in [0.25, 0.3) is 0 Å². The molecule has 4 nitrogen and oxygen atoms in total. The van der Waals surface area contributed by atoms with E-state index in [1.54, 1.807) is 0 Å². The minimum Gasteiger partial charge on any atom is -0.444 e. The molecule has 0 aromatic heterocycles. The van der Waals surface area contributed by atoms with E-state index < -0.39 is 5.60 Å². The van der Waals surface area contributed by atoms with E-state index in [-0.39, 0.29) is 6.09 Å². The zero-order valence-electron chi connectivity index (χ0n) is 14.0. The van der Waals surface area contributed by atoms with Crippen molar-refractivity contribution in [3.63, 3.8) is 0 Å². The predicted molar refractivity (Wildman–Crippen MR) is 82.8 cm³/mol. The Kier molecular flexibility index (Phi) is 6.31. The SMILES string of the molecule is CCC(C)C(C)NC(CNC(=O)OC(C)(C)C)C1CC1. The second kappa shape index (κ2) is 7.30. The highest BCUT2D eigenvalue weighted by atomic mass is 16.6. The Balaban J connectivity index is 2.38. The van der Waals surface area contributed by atoms with Gasteiger partial charge in [0.2, 0.25) is 0 Å². The summed E-state index contributed by atoms with van der Waals surface area (Å²) in [5, 5.41) is 6.58. The number of hydrogen-bond acceptors (Lipinski definition) is 3. The summed E-state index contributed by atoms with van der Waals surface area (Å²) in [6.45, 7) is 13.0. The Morgan fingerprint density at radius 3 is 2.35 bits per heavy atom. The summed E-state index contributed by atoms with van der Waals surface area (Å²) in [7, 11) is 0. The van der Waals surface area contributed by atoms with E-state index in [1.807, 2.05) is 20.8 Å². The smallest absolute Gasteiger partial charge is 0.407 e. The average molecular weight is 284 g/mol. The third kappa shape index (κ3) is 6.60. The van der Waals surface area contributed by atoms with Crippen molar-refractivity contribution in [2.75, 3.05) is 6.54 Å². The highest BCUT2D eigenvalue weighted by molar-refractivity contribution is 5.67. The maximum Gasteiger partial charge on any atom is 0.407 e. The van der Waals surface area contributed by atoms with Crippen LogP contribution in [0.5, 0.6) is 0 Å². The molecule has 1 fully saturated rings. The van der Waals surface area contributed by atoms with Crippen LogP contribution in [-0.2, 0) is 4.74 Å². The molecule has 3 atom stereocenters. The first-order valence-corrected chi connectivity index (χ1v) is 7.95. The van der Waals surface area contributed by atoms with Gasteiger partial charge in [0.25, 0.3) is 0 Å². The number of rotatable bonds is 7. The molecule has 3 unspecified atom stereocenters. The summed E-state index contributed by atoms with van der Waals surface area (Å²) in [5.74, 6) is 1.36. The highest BCUT2D eigenvalue weighted by Gasteiger charge is 2.33. The molecule has 1 saturated carbocycles. The summed E-state index contributed by atoms with van der Waals surface area (Å²) in [4.78, 5) is 11.7. The molecule has 1 amide bonds. The zero-order valence-corrected chi connectivity index (χ0v) is 14.0. The van der Waals surface area contributed by atoms with Crippen LogP contribution in [0.4, 0.5) is 4.79 Å². The first kappa shape index (κ1) is 17.3. The number of hydrogen-bond donors (Lipinski definition) is 2. The van der Waals surface area contributed by atoms with E-state index in [4.69, 9.17) is 4.74 Å². The number of amides is 1. The molecule has 0 spiro atoms. The molecule has 2 N–H and O–H groups in total. The Labute approximate surface area is 124 Å². The van der Waals surface area contributed by atoms with E-state index in [0.717, 1.165) is 0 Å². The first-order valence-electron chi connectivity index (χ1n) is 7.95. The van der Waals surface area contributed by atoms with E-state index in [1.165, 1.54) is 19.3 Å². The quantitative estimate of drug-likeness (QED) is 0.754. The van der Waals surface area contributed by atoms with Gasteiger partial charge in [0.05, 0.1) is 0 Å². The van der Waals surface area contributed by atoms with Crippen molar-refractivity contribution in [1.29, 1.82) is 0 Å². The number of alkyl carbamates (subject to hydrolysis) is 1. The van der Waals surface area contributed by atoms with Crippen LogP contribution < -0.4 is 10.6 Å². The molecule has 0 aliphatic heterocycles. The van der Waals surface area contributed by atoms with Crippen molar-refractivity contribution in [2.24, 2.45) is 11.8 Å². The fourth-order valence-corrected chi connectivity index (χ4v) is 2.22. The van der Waals surface area contributed by atoms with Crippen molar-refractivity contribution in [1.82, 2.24) is 10.6 Å². The average Bonchev–Trinajstić information content (AvgIpc) is 3.14. The number of nitrogens with one attached hydrogen (secondary N) is 2. The Bertz CT molecular complexity index is 308. The van der Waals surface area contributed by atoms with Gasteiger partial charge in [-0.05, 0) is 52.4 Å². The molecule has 1 aliphatic carbocycles. The molecular weight excluding hydrogens is 252 g/mol. The van der Waals surface area contributed by atoms with Crippen molar-refractivity contribution in [3.05, 3.63) is 0 Å². The molecule has 118 valence electrons. The lowest BCUT2D eigenvalue weighted by Gasteiger charge is -2.28. The largest absolute Gasteiger partial charge is 0.444 e. The van der Waals surface area contributed by atoms with E-state index in [9.17, 15) is 4.79 Å². The number of carbonyl (C=O) groups is 1. The van der Waals surface area contributed by atoms with Gasteiger partial charge < -0.3 is 15.4 Å². The minimum absolute atomic E-state index is 0.318. The van der Waals surface area contributed by atoms with Gasteiger partial charge in [0.1, 0.15) is 5.60 Å². The van der Waals surface area contributed by atoms with E-state index in [0.29, 0.717) is 30.5 Å². The van der Waals surface area contributed by atoms with Crippen molar-refractivity contribution in [3.8, 4) is 0 Å². The van der Waals surface area contributed by atoms with Crippen LogP contribution in [-0.4, -0.2) is 30.3 Å². The normalized spacial score (nSPS) is 20.1. The van der Waals surface area contributed by atoms with Gasteiger partial charge in [-0.1, -0.05) is 20.3 Å². The van der Waals surface area contributed by atoms with Gasteiger partial charge in [-0.25, -0.2) is 4.79 Å². The fourth-order valence-electron chi connectivity index (χ4n) is 2.22. The molecule has 1 aliphatic rings. The number of carbonyl (C=O) groups excluding carboxylic acids is 1. The molecule has 0 bridgehead atoms. The lowest BCUT2D eigenvalue weighted by atomic mass is 9.99. The van der Waals surface area contributed by atoms with Gasteiger partial charge in [-0.15, -0.1) is 0 Å². The maximum absolute atomic E-state index is 11.7. The Hall–Kier alpha value is -0.770. The first-order chi connectivity index (χ1) is 9.23. The highest BCUT2D eigenvalue weighted by Crippen LogP contribution is 2.33. The van der Waals surface area contributed by atoms with Crippen LogP contribution in [0.1, 0.15) is 60.8 Å². The molecule has 4 heteroatoms. The second-order valence-corrected chi connectivity index (χ2v) is 7.17. The topological polar surface area (TPSA) is 50.4 Å². The molecule has 0 saturated heterocycles. The summed E-state index contributed by atoms with van der Waals surface area (Å²) >= 11 is 0. The summed E-state index contributed by atoms with van der Waals surface area (Å²) < 4.78 is 5.28. The molecule has 20 heavy (non-hydrogen) atoms. The minimum atomic E-state index is -0.434. The molecule has 1 rings (SSSR count). The van der Waals surface area contributed by atoms with Crippen LogP contribution in [0.3, 0.4) is 0 Å². The molecule has 0 aromatic rings. The number of ether oxygens (including phenoxy) is 1. The van der Waals surface area contributed by atoms with E-state index in [2.05, 4.69) is 31.4 Å². The van der Waals surface area contributed by atoms with Gasteiger partial charge in [-0.2, -0.15) is 0 Å². The molecular formula is C16H32N2O2.